The first kappa shape index (κ1) is 15.4. The van der Waals surface area contributed by atoms with E-state index in [1.54, 1.807) is 13.3 Å². The molecule has 2 saturated heterocycles. The van der Waals surface area contributed by atoms with Gasteiger partial charge in [-0.25, -0.2) is 0 Å². The maximum absolute atomic E-state index is 12.5. The fraction of sp³-hybridized carbons (Fsp3) is 0.647. The second-order valence-electron chi connectivity index (χ2n) is 6.57. The van der Waals surface area contributed by atoms with E-state index in [0.717, 1.165) is 44.7 Å². The average Bonchev–Trinajstić information content (AvgIpc) is 2.91. The molecule has 0 unspecified atom stereocenters. The molecule has 1 amide bonds. The van der Waals surface area contributed by atoms with E-state index in [4.69, 9.17) is 9.47 Å². The predicted octanol–water partition coefficient (Wildman–Crippen LogP) is 2.05. The number of methoxy groups -OCH3 is 1. The number of amides is 1. The van der Waals surface area contributed by atoms with Gasteiger partial charge in [-0.05, 0) is 43.7 Å². The average molecular weight is 304 g/mol. The molecule has 5 nitrogen and oxygen atoms in total. The quantitative estimate of drug-likeness (QED) is 0.857. The van der Waals surface area contributed by atoms with Crippen molar-refractivity contribution in [2.24, 2.45) is 5.41 Å². The molecule has 3 heterocycles. The van der Waals surface area contributed by atoms with E-state index >= 15 is 0 Å². The number of hydrogen-bond acceptors (Lipinski definition) is 4. The minimum absolute atomic E-state index is 0.0923. The Balaban J connectivity index is 1.58. The molecule has 0 N–H and O–H groups in total. The minimum atomic E-state index is 0.0923. The van der Waals surface area contributed by atoms with Crippen molar-refractivity contribution < 1.29 is 14.3 Å². The van der Waals surface area contributed by atoms with Gasteiger partial charge in [0.15, 0.2) is 0 Å². The van der Waals surface area contributed by atoms with Gasteiger partial charge in [0.05, 0.1) is 24.9 Å². The number of piperidine rings is 1. The van der Waals surface area contributed by atoms with E-state index in [9.17, 15) is 4.79 Å². The number of aryl methyl sites for hydroxylation is 1. The first-order valence-corrected chi connectivity index (χ1v) is 7.94. The molecule has 1 aromatic heterocycles. The summed E-state index contributed by atoms with van der Waals surface area (Å²) in [7, 11) is 1.71. The van der Waals surface area contributed by atoms with Gasteiger partial charge in [0.1, 0.15) is 0 Å². The number of aromatic nitrogens is 1. The summed E-state index contributed by atoms with van der Waals surface area (Å²) in [5, 5.41) is 0. The fourth-order valence-electron chi connectivity index (χ4n) is 3.50. The number of carbonyl (C=O) groups is 1. The maximum atomic E-state index is 12.5. The highest BCUT2D eigenvalue weighted by atomic mass is 16.5. The molecule has 0 aromatic carbocycles. The van der Waals surface area contributed by atoms with Gasteiger partial charge in [-0.2, -0.15) is 0 Å². The fourth-order valence-corrected chi connectivity index (χ4v) is 3.50. The number of nitrogens with zero attached hydrogens (tertiary/aromatic N) is 2. The topological polar surface area (TPSA) is 51.7 Å². The SMILES string of the molecule is COC[C@H]1CC2(CCN(C(=O)c3ccc(C)nc3)CC2)CO1. The normalized spacial score (nSPS) is 23.9. The van der Waals surface area contributed by atoms with Crippen LogP contribution in [0.5, 0.6) is 0 Å². The smallest absolute Gasteiger partial charge is 0.255 e. The number of ether oxygens (including phenoxy) is 2. The van der Waals surface area contributed by atoms with E-state index in [-0.39, 0.29) is 17.4 Å². The zero-order chi connectivity index (χ0) is 15.6. The predicted molar refractivity (Wildman–Crippen MR) is 82.8 cm³/mol. The van der Waals surface area contributed by atoms with Crippen molar-refractivity contribution in [2.45, 2.75) is 32.3 Å². The first-order valence-electron chi connectivity index (χ1n) is 7.94. The Labute approximate surface area is 131 Å². The first-order chi connectivity index (χ1) is 10.6. The number of rotatable bonds is 3. The molecule has 1 atom stereocenters. The third-order valence-corrected chi connectivity index (χ3v) is 4.91. The zero-order valence-corrected chi connectivity index (χ0v) is 13.4. The van der Waals surface area contributed by atoms with E-state index in [2.05, 4.69) is 4.98 Å². The van der Waals surface area contributed by atoms with Crippen LogP contribution < -0.4 is 0 Å². The Morgan fingerprint density at radius 1 is 1.45 bits per heavy atom. The number of hydrogen-bond donors (Lipinski definition) is 0. The molecule has 1 spiro atoms. The van der Waals surface area contributed by atoms with Crippen LogP contribution in [0.2, 0.25) is 0 Å². The Morgan fingerprint density at radius 2 is 2.23 bits per heavy atom. The van der Waals surface area contributed by atoms with Gasteiger partial charge in [0.2, 0.25) is 0 Å². The summed E-state index contributed by atoms with van der Waals surface area (Å²) in [6.07, 6.45) is 4.97. The highest BCUT2D eigenvalue weighted by molar-refractivity contribution is 5.94. The van der Waals surface area contributed by atoms with Crippen molar-refractivity contribution in [3.05, 3.63) is 29.6 Å². The van der Waals surface area contributed by atoms with Crippen LogP contribution in [0.15, 0.2) is 18.3 Å². The Hall–Kier alpha value is -1.46. The molecule has 2 aliphatic heterocycles. The molecule has 1 aromatic rings. The van der Waals surface area contributed by atoms with Crippen LogP contribution in [0.3, 0.4) is 0 Å². The van der Waals surface area contributed by atoms with Crippen LogP contribution >= 0.6 is 0 Å². The van der Waals surface area contributed by atoms with Crippen LogP contribution in [0.25, 0.3) is 0 Å². The molecule has 0 saturated carbocycles. The standard InChI is InChI=1S/C17H24N2O3/c1-13-3-4-14(10-18-13)16(20)19-7-5-17(6-8-19)9-15(11-21-2)22-12-17/h3-4,10,15H,5-9,11-12H2,1-2H3/t15-/m1/s1. The lowest BCUT2D eigenvalue weighted by Gasteiger charge is -2.38. The zero-order valence-electron chi connectivity index (χ0n) is 13.4. The van der Waals surface area contributed by atoms with E-state index in [0.29, 0.717) is 12.2 Å². The van der Waals surface area contributed by atoms with Gasteiger partial charge in [-0.3, -0.25) is 9.78 Å². The van der Waals surface area contributed by atoms with Crippen LogP contribution in [0.1, 0.15) is 35.3 Å². The third kappa shape index (κ3) is 3.15. The molecule has 120 valence electrons. The van der Waals surface area contributed by atoms with Crippen LogP contribution in [0, 0.1) is 12.3 Å². The molecular weight excluding hydrogens is 280 g/mol. The molecule has 0 bridgehead atoms. The van der Waals surface area contributed by atoms with Gasteiger partial charge in [0.25, 0.3) is 5.91 Å². The molecule has 0 radical (unpaired) electrons. The number of likely N-dealkylation sites (tertiary alicyclic amines) is 1. The van der Waals surface area contributed by atoms with Crippen molar-refractivity contribution in [2.75, 3.05) is 33.4 Å². The lowest BCUT2D eigenvalue weighted by Crippen LogP contribution is -2.43. The number of pyridine rings is 1. The second kappa shape index (κ2) is 6.34. The second-order valence-corrected chi connectivity index (χ2v) is 6.57. The Kier molecular flexibility index (Phi) is 4.45. The molecule has 2 aliphatic rings. The van der Waals surface area contributed by atoms with Gasteiger partial charge < -0.3 is 14.4 Å². The van der Waals surface area contributed by atoms with E-state index in [1.807, 2.05) is 24.0 Å². The molecule has 22 heavy (non-hydrogen) atoms. The largest absolute Gasteiger partial charge is 0.382 e. The van der Waals surface area contributed by atoms with Crippen molar-refractivity contribution in [3.8, 4) is 0 Å². The highest BCUT2D eigenvalue weighted by Gasteiger charge is 2.43. The van der Waals surface area contributed by atoms with E-state index < -0.39 is 0 Å². The van der Waals surface area contributed by atoms with Crippen LogP contribution in [-0.2, 0) is 9.47 Å². The Bertz CT molecular complexity index is 521. The van der Waals surface area contributed by atoms with Crippen LogP contribution in [-0.4, -0.2) is 55.3 Å². The van der Waals surface area contributed by atoms with Gasteiger partial charge in [-0.15, -0.1) is 0 Å². The molecule has 3 rings (SSSR count). The maximum Gasteiger partial charge on any atom is 0.255 e. The Morgan fingerprint density at radius 3 is 2.86 bits per heavy atom. The lowest BCUT2D eigenvalue weighted by molar-refractivity contribution is 0.0281. The minimum Gasteiger partial charge on any atom is -0.382 e. The monoisotopic (exact) mass is 304 g/mol. The third-order valence-electron chi connectivity index (χ3n) is 4.91. The summed E-state index contributed by atoms with van der Waals surface area (Å²) in [5.74, 6) is 0.0923. The lowest BCUT2D eigenvalue weighted by atomic mass is 9.76. The van der Waals surface area contributed by atoms with Crippen molar-refractivity contribution >= 4 is 5.91 Å². The molecular formula is C17H24N2O3. The molecule has 2 fully saturated rings. The van der Waals surface area contributed by atoms with Crippen molar-refractivity contribution in [1.29, 1.82) is 0 Å². The van der Waals surface area contributed by atoms with Crippen LogP contribution in [0.4, 0.5) is 0 Å². The summed E-state index contributed by atoms with van der Waals surface area (Å²) < 4.78 is 11.0. The van der Waals surface area contributed by atoms with Crippen molar-refractivity contribution in [3.63, 3.8) is 0 Å². The molecule has 5 heteroatoms. The highest BCUT2D eigenvalue weighted by Crippen LogP contribution is 2.42. The van der Waals surface area contributed by atoms with Gasteiger partial charge in [-0.1, -0.05) is 0 Å². The van der Waals surface area contributed by atoms with E-state index in [1.165, 1.54) is 0 Å². The van der Waals surface area contributed by atoms with Gasteiger partial charge in [0, 0.05) is 32.1 Å². The summed E-state index contributed by atoms with van der Waals surface area (Å²) in [4.78, 5) is 18.7. The number of carbonyl (C=O) groups excluding carboxylic acids is 1. The van der Waals surface area contributed by atoms with Gasteiger partial charge >= 0.3 is 0 Å². The summed E-state index contributed by atoms with van der Waals surface area (Å²) >= 11 is 0. The van der Waals surface area contributed by atoms with Crippen molar-refractivity contribution in [1.82, 2.24) is 9.88 Å². The summed E-state index contributed by atoms with van der Waals surface area (Å²) in [6.45, 7) is 5.00. The summed E-state index contributed by atoms with van der Waals surface area (Å²) in [6, 6.07) is 3.75. The molecule has 0 aliphatic carbocycles. The summed E-state index contributed by atoms with van der Waals surface area (Å²) in [5.41, 5.74) is 1.86.